The van der Waals surface area contributed by atoms with Crippen LogP contribution in [0.2, 0.25) is 0 Å². The molecule has 0 aromatic heterocycles. The quantitative estimate of drug-likeness (QED) is 0.784. The van der Waals surface area contributed by atoms with Gasteiger partial charge in [-0.15, -0.1) is 0 Å². The monoisotopic (exact) mass is 190 g/mol. The number of anilines is 1. The van der Waals surface area contributed by atoms with E-state index in [2.05, 4.69) is 30.0 Å². The van der Waals surface area contributed by atoms with Gasteiger partial charge in [-0.1, -0.05) is 12.1 Å². The van der Waals surface area contributed by atoms with Crippen molar-refractivity contribution in [3.63, 3.8) is 0 Å². The van der Waals surface area contributed by atoms with Gasteiger partial charge in [0.05, 0.1) is 0 Å². The molecule has 0 fully saturated rings. The highest BCUT2D eigenvalue weighted by Crippen LogP contribution is 2.28. The zero-order valence-corrected chi connectivity index (χ0v) is 8.79. The molecule has 0 atom stereocenters. The van der Waals surface area contributed by atoms with Gasteiger partial charge in [-0.2, -0.15) is 0 Å². The molecule has 2 rings (SSSR count). The van der Waals surface area contributed by atoms with E-state index in [-0.39, 0.29) is 0 Å². The summed E-state index contributed by atoms with van der Waals surface area (Å²) in [7, 11) is 0. The number of nitrogens with zero attached hydrogens (tertiary/aromatic N) is 1. The Morgan fingerprint density at radius 1 is 1.43 bits per heavy atom. The molecule has 1 aromatic carbocycles. The molecule has 0 amide bonds. The van der Waals surface area contributed by atoms with Crippen LogP contribution in [0.15, 0.2) is 18.2 Å². The molecule has 0 spiro atoms. The smallest absolute Gasteiger partial charge is 0.0399 e. The van der Waals surface area contributed by atoms with Gasteiger partial charge in [-0.05, 0) is 43.5 Å². The summed E-state index contributed by atoms with van der Waals surface area (Å²) in [6.45, 7) is 5.25. The van der Waals surface area contributed by atoms with Gasteiger partial charge >= 0.3 is 0 Å². The van der Waals surface area contributed by atoms with Crippen LogP contribution in [-0.2, 0) is 12.8 Å². The Labute approximate surface area is 85.7 Å². The summed E-state index contributed by atoms with van der Waals surface area (Å²) in [5.74, 6) is 0. The molecule has 0 bridgehead atoms. The molecular weight excluding hydrogens is 172 g/mol. The largest absolute Gasteiger partial charge is 0.371 e. The molecule has 2 nitrogen and oxygen atoms in total. The lowest BCUT2D eigenvalue weighted by molar-refractivity contribution is 0.868. The third-order valence-electron chi connectivity index (χ3n) is 2.95. The van der Waals surface area contributed by atoms with E-state index < -0.39 is 0 Å². The second-order valence-corrected chi connectivity index (χ2v) is 3.83. The highest BCUT2D eigenvalue weighted by atomic mass is 15.1. The van der Waals surface area contributed by atoms with Gasteiger partial charge in [0.2, 0.25) is 0 Å². The van der Waals surface area contributed by atoms with E-state index in [4.69, 9.17) is 5.73 Å². The van der Waals surface area contributed by atoms with Crippen LogP contribution >= 0.6 is 0 Å². The Hall–Kier alpha value is -1.02. The van der Waals surface area contributed by atoms with E-state index >= 15 is 0 Å². The Morgan fingerprint density at radius 3 is 3.00 bits per heavy atom. The first-order valence-electron chi connectivity index (χ1n) is 5.42. The molecule has 0 aliphatic carbocycles. The molecule has 0 radical (unpaired) electrons. The maximum atomic E-state index is 5.55. The van der Waals surface area contributed by atoms with Crippen molar-refractivity contribution in [1.29, 1.82) is 0 Å². The SMILES string of the molecule is CCN1CCc2cc(CCN)ccc21. The first-order chi connectivity index (χ1) is 6.85. The van der Waals surface area contributed by atoms with Crippen molar-refractivity contribution in [2.75, 3.05) is 24.5 Å². The number of fused-ring (bicyclic) bond motifs is 1. The van der Waals surface area contributed by atoms with E-state index in [1.165, 1.54) is 29.8 Å². The lowest BCUT2D eigenvalue weighted by Gasteiger charge is -2.16. The van der Waals surface area contributed by atoms with Crippen molar-refractivity contribution in [1.82, 2.24) is 0 Å². The van der Waals surface area contributed by atoms with Crippen LogP contribution in [0.25, 0.3) is 0 Å². The van der Waals surface area contributed by atoms with E-state index in [0.717, 1.165) is 19.5 Å². The van der Waals surface area contributed by atoms with Crippen LogP contribution in [0, 0.1) is 0 Å². The molecule has 1 aromatic rings. The van der Waals surface area contributed by atoms with Crippen molar-refractivity contribution in [2.45, 2.75) is 19.8 Å². The molecule has 1 aliphatic heterocycles. The maximum absolute atomic E-state index is 5.55. The summed E-state index contributed by atoms with van der Waals surface area (Å²) in [4.78, 5) is 2.43. The molecule has 0 saturated heterocycles. The predicted molar refractivity (Wildman–Crippen MR) is 60.8 cm³/mol. The molecule has 76 valence electrons. The lowest BCUT2D eigenvalue weighted by atomic mass is 10.1. The minimum atomic E-state index is 0.746. The van der Waals surface area contributed by atoms with Crippen LogP contribution in [0.4, 0.5) is 5.69 Å². The fourth-order valence-corrected chi connectivity index (χ4v) is 2.17. The normalized spacial score (nSPS) is 14.6. The highest BCUT2D eigenvalue weighted by molar-refractivity contribution is 5.59. The van der Waals surface area contributed by atoms with Crippen molar-refractivity contribution >= 4 is 5.69 Å². The average Bonchev–Trinajstić information content (AvgIpc) is 2.60. The number of benzene rings is 1. The zero-order chi connectivity index (χ0) is 9.97. The van der Waals surface area contributed by atoms with E-state index in [1.54, 1.807) is 0 Å². The molecule has 1 heterocycles. The van der Waals surface area contributed by atoms with Crippen LogP contribution in [0.3, 0.4) is 0 Å². The summed E-state index contributed by atoms with van der Waals surface area (Å²) in [6, 6.07) is 6.77. The van der Waals surface area contributed by atoms with Gasteiger partial charge in [0.25, 0.3) is 0 Å². The van der Waals surface area contributed by atoms with Gasteiger partial charge in [0.1, 0.15) is 0 Å². The second kappa shape index (κ2) is 4.01. The Bertz CT molecular complexity index is 320. The average molecular weight is 190 g/mol. The topological polar surface area (TPSA) is 29.3 Å². The second-order valence-electron chi connectivity index (χ2n) is 3.83. The van der Waals surface area contributed by atoms with Gasteiger partial charge in [-0.25, -0.2) is 0 Å². The number of nitrogens with two attached hydrogens (primary N) is 1. The van der Waals surface area contributed by atoms with Gasteiger partial charge in [-0.3, -0.25) is 0 Å². The van der Waals surface area contributed by atoms with E-state index in [0.29, 0.717) is 0 Å². The fraction of sp³-hybridized carbons (Fsp3) is 0.500. The summed E-state index contributed by atoms with van der Waals surface area (Å²) in [5, 5.41) is 0. The van der Waals surface area contributed by atoms with E-state index in [1.807, 2.05) is 0 Å². The third kappa shape index (κ3) is 1.62. The standard InChI is InChI=1S/C12H18N2/c1-2-14-8-6-11-9-10(5-7-13)3-4-12(11)14/h3-4,9H,2,5-8,13H2,1H3. The summed E-state index contributed by atoms with van der Waals surface area (Å²) < 4.78 is 0. The summed E-state index contributed by atoms with van der Waals surface area (Å²) in [6.07, 6.45) is 2.20. The first-order valence-corrected chi connectivity index (χ1v) is 5.42. The van der Waals surface area contributed by atoms with Crippen LogP contribution < -0.4 is 10.6 Å². The van der Waals surface area contributed by atoms with E-state index in [9.17, 15) is 0 Å². The molecule has 2 N–H and O–H groups in total. The Balaban J connectivity index is 2.25. The zero-order valence-electron chi connectivity index (χ0n) is 8.79. The third-order valence-corrected chi connectivity index (χ3v) is 2.95. The molecular formula is C12H18N2. The van der Waals surface area contributed by atoms with Gasteiger partial charge in [0.15, 0.2) is 0 Å². The van der Waals surface area contributed by atoms with Crippen LogP contribution in [0.1, 0.15) is 18.1 Å². The van der Waals surface area contributed by atoms with Crippen molar-refractivity contribution < 1.29 is 0 Å². The molecule has 14 heavy (non-hydrogen) atoms. The number of hydrogen-bond acceptors (Lipinski definition) is 2. The summed E-state index contributed by atoms with van der Waals surface area (Å²) >= 11 is 0. The van der Waals surface area contributed by atoms with Crippen LogP contribution in [-0.4, -0.2) is 19.6 Å². The van der Waals surface area contributed by atoms with Crippen LogP contribution in [0.5, 0.6) is 0 Å². The minimum absolute atomic E-state index is 0.746. The molecule has 0 saturated carbocycles. The first kappa shape index (κ1) is 9.53. The molecule has 0 unspecified atom stereocenters. The minimum Gasteiger partial charge on any atom is -0.371 e. The number of hydrogen-bond donors (Lipinski definition) is 1. The molecule has 2 heteroatoms. The number of likely N-dealkylation sites (N-methyl/N-ethyl adjacent to an activating group) is 1. The van der Waals surface area contributed by atoms with Gasteiger partial charge in [0, 0.05) is 18.8 Å². The van der Waals surface area contributed by atoms with Crippen molar-refractivity contribution in [2.24, 2.45) is 5.73 Å². The Kier molecular flexibility index (Phi) is 2.73. The molecule has 1 aliphatic rings. The highest BCUT2D eigenvalue weighted by Gasteiger charge is 2.16. The maximum Gasteiger partial charge on any atom is 0.0399 e. The van der Waals surface area contributed by atoms with Gasteiger partial charge < -0.3 is 10.6 Å². The fourth-order valence-electron chi connectivity index (χ4n) is 2.17. The Morgan fingerprint density at radius 2 is 2.29 bits per heavy atom. The summed E-state index contributed by atoms with van der Waals surface area (Å²) in [5.41, 5.74) is 9.85. The number of rotatable bonds is 3. The van der Waals surface area contributed by atoms with Crippen molar-refractivity contribution in [3.05, 3.63) is 29.3 Å². The van der Waals surface area contributed by atoms with Crippen molar-refractivity contribution in [3.8, 4) is 0 Å². The lowest BCUT2D eigenvalue weighted by Crippen LogP contribution is -2.19. The predicted octanol–water partition coefficient (Wildman–Crippen LogP) is 1.57.